The molecule has 2 atom stereocenters. The molecule has 1 fully saturated rings. The highest BCUT2D eigenvalue weighted by atomic mass is 19.3. The van der Waals surface area contributed by atoms with E-state index >= 15 is 0 Å². The van der Waals surface area contributed by atoms with E-state index < -0.39 is 24.2 Å². The molecule has 0 saturated heterocycles. The molecule has 0 aromatic rings. The van der Waals surface area contributed by atoms with E-state index in [0.717, 1.165) is 0 Å². The highest BCUT2D eigenvalue weighted by Gasteiger charge is 2.81. The van der Waals surface area contributed by atoms with Crippen LogP contribution in [-0.4, -0.2) is 24.2 Å². The van der Waals surface area contributed by atoms with Gasteiger partial charge in [0.25, 0.3) is 0 Å². The molecule has 10 heavy (non-hydrogen) atoms. The summed E-state index contributed by atoms with van der Waals surface area (Å²) >= 11 is 0. The molecule has 0 aromatic carbocycles. The summed E-state index contributed by atoms with van der Waals surface area (Å²) in [4.78, 5) is 0. The van der Waals surface area contributed by atoms with Crippen molar-refractivity contribution in [2.75, 3.05) is 0 Å². The molecule has 0 aliphatic heterocycles. The topological polar surface area (TPSA) is 0 Å². The zero-order chi connectivity index (χ0) is 8.15. The van der Waals surface area contributed by atoms with Crippen molar-refractivity contribution in [1.82, 2.24) is 0 Å². The molecule has 1 aliphatic rings. The summed E-state index contributed by atoms with van der Waals surface area (Å²) in [7, 11) is 0. The molecule has 0 N–H and O–H groups in total. The van der Waals surface area contributed by atoms with E-state index in [1.807, 2.05) is 0 Å². The maximum absolute atomic E-state index is 11.6. The fraction of sp³-hybridized carbons (Fsp3) is 1.00. The predicted octanol–water partition coefficient (Wildman–Crippen LogP) is 1.95. The molecule has 60 valence electrons. The van der Waals surface area contributed by atoms with Crippen molar-refractivity contribution in [3.8, 4) is 0 Å². The van der Waals surface area contributed by atoms with Gasteiger partial charge >= 0.3 is 11.8 Å². The van der Waals surface area contributed by atoms with E-state index in [0.29, 0.717) is 0 Å². The maximum atomic E-state index is 11.6. The maximum Gasteiger partial charge on any atom is 0.346 e. The van der Waals surface area contributed by atoms with Crippen LogP contribution in [-0.2, 0) is 0 Å². The van der Waals surface area contributed by atoms with Crippen molar-refractivity contribution in [2.24, 2.45) is 0 Å². The zero-order valence-corrected chi connectivity index (χ0v) is 4.42. The summed E-state index contributed by atoms with van der Waals surface area (Å²) in [5.41, 5.74) is 0. The summed E-state index contributed by atoms with van der Waals surface area (Å²) < 4.78 is 69.5. The third kappa shape index (κ3) is 0.543. The van der Waals surface area contributed by atoms with Crippen LogP contribution in [0.5, 0.6) is 0 Å². The quantitative estimate of drug-likeness (QED) is 0.480. The van der Waals surface area contributed by atoms with Gasteiger partial charge in [0.05, 0.1) is 0 Å². The molecule has 0 heterocycles. The summed E-state index contributed by atoms with van der Waals surface area (Å²) in [5.74, 6) is -9.65. The van der Waals surface area contributed by atoms with E-state index in [9.17, 15) is 26.3 Å². The van der Waals surface area contributed by atoms with E-state index in [1.165, 1.54) is 0 Å². The minimum absolute atomic E-state index is 3.36. The van der Waals surface area contributed by atoms with Gasteiger partial charge in [0.2, 0.25) is 12.3 Å². The van der Waals surface area contributed by atoms with Gasteiger partial charge in [-0.15, -0.1) is 0 Å². The van der Waals surface area contributed by atoms with E-state index in [-0.39, 0.29) is 0 Å². The fourth-order valence-electron chi connectivity index (χ4n) is 0.639. The highest BCUT2D eigenvalue weighted by molar-refractivity contribution is 5.12. The third-order valence-corrected chi connectivity index (χ3v) is 1.39. The Labute approximate surface area is 51.8 Å². The molecule has 0 spiro atoms. The van der Waals surface area contributed by atoms with Crippen LogP contribution in [0.25, 0.3) is 0 Å². The van der Waals surface area contributed by atoms with Crippen LogP contribution in [0, 0.1) is 0 Å². The van der Waals surface area contributed by atoms with Gasteiger partial charge in [-0.3, -0.25) is 0 Å². The lowest BCUT2D eigenvalue weighted by atomic mass is 9.85. The van der Waals surface area contributed by atoms with Crippen molar-refractivity contribution in [3.63, 3.8) is 0 Å². The highest BCUT2D eigenvalue weighted by Crippen LogP contribution is 2.54. The molecule has 0 aromatic heterocycles. The molecule has 0 unspecified atom stereocenters. The largest absolute Gasteiger partial charge is 0.346 e. The van der Waals surface area contributed by atoms with Gasteiger partial charge in [0.1, 0.15) is 0 Å². The first-order valence-corrected chi connectivity index (χ1v) is 2.35. The van der Waals surface area contributed by atoms with Gasteiger partial charge in [0.15, 0.2) is 0 Å². The number of rotatable bonds is 0. The van der Waals surface area contributed by atoms with Crippen LogP contribution in [0.15, 0.2) is 0 Å². The molecule has 0 bridgehead atoms. The molecule has 1 saturated carbocycles. The summed E-state index contributed by atoms with van der Waals surface area (Å²) in [5, 5.41) is 0. The Bertz CT molecular complexity index is 134. The van der Waals surface area contributed by atoms with Gasteiger partial charge in [0, 0.05) is 0 Å². The second kappa shape index (κ2) is 1.60. The minimum atomic E-state index is -4.83. The van der Waals surface area contributed by atoms with Crippen LogP contribution in [0.4, 0.5) is 26.3 Å². The first kappa shape index (κ1) is 7.68. The molecule has 1 aliphatic carbocycles. The van der Waals surface area contributed by atoms with Crippen molar-refractivity contribution in [3.05, 3.63) is 0 Å². The lowest BCUT2D eigenvalue weighted by molar-refractivity contribution is -0.351. The average molecular weight is 164 g/mol. The molecule has 0 radical (unpaired) electrons. The normalized spacial score (nSPS) is 42.6. The summed E-state index contributed by atoms with van der Waals surface area (Å²) in [6.07, 6.45) is -6.72. The average Bonchev–Trinajstić information content (AvgIpc) is 1.84. The van der Waals surface area contributed by atoms with Gasteiger partial charge in [-0.2, -0.15) is 17.6 Å². The first-order valence-electron chi connectivity index (χ1n) is 2.35. The van der Waals surface area contributed by atoms with Crippen molar-refractivity contribution in [1.29, 1.82) is 0 Å². The van der Waals surface area contributed by atoms with Crippen molar-refractivity contribution >= 4 is 0 Å². The van der Waals surface area contributed by atoms with Gasteiger partial charge < -0.3 is 0 Å². The Balaban J connectivity index is 2.82. The Morgan fingerprint density at radius 1 is 0.700 bits per heavy atom. The lowest BCUT2D eigenvalue weighted by Crippen LogP contribution is -2.70. The Hall–Kier alpha value is -0.420. The fourth-order valence-corrected chi connectivity index (χ4v) is 0.639. The monoisotopic (exact) mass is 164 g/mol. The smallest absolute Gasteiger partial charge is 0.237 e. The van der Waals surface area contributed by atoms with Gasteiger partial charge in [-0.1, -0.05) is 0 Å². The summed E-state index contributed by atoms with van der Waals surface area (Å²) in [6, 6.07) is 0. The van der Waals surface area contributed by atoms with Gasteiger partial charge in [-0.25, -0.2) is 8.78 Å². The molecule has 0 nitrogen and oxygen atoms in total. The van der Waals surface area contributed by atoms with E-state index in [4.69, 9.17) is 0 Å². The Morgan fingerprint density at radius 3 is 1.00 bits per heavy atom. The van der Waals surface area contributed by atoms with E-state index in [1.54, 1.807) is 0 Å². The van der Waals surface area contributed by atoms with Crippen molar-refractivity contribution in [2.45, 2.75) is 24.2 Å². The van der Waals surface area contributed by atoms with Crippen LogP contribution < -0.4 is 0 Å². The Morgan fingerprint density at radius 2 is 0.900 bits per heavy atom. The zero-order valence-electron chi connectivity index (χ0n) is 4.42. The van der Waals surface area contributed by atoms with Crippen molar-refractivity contribution < 1.29 is 26.3 Å². The number of hydrogen-bond acceptors (Lipinski definition) is 0. The number of hydrogen-bond donors (Lipinski definition) is 0. The van der Waals surface area contributed by atoms with Crippen LogP contribution >= 0.6 is 0 Å². The van der Waals surface area contributed by atoms with Crippen LogP contribution in [0.2, 0.25) is 0 Å². The number of alkyl halides is 6. The van der Waals surface area contributed by atoms with Crippen LogP contribution in [0.3, 0.4) is 0 Å². The summed E-state index contributed by atoms with van der Waals surface area (Å²) in [6.45, 7) is 0. The Kier molecular flexibility index (Phi) is 1.23. The standard InChI is InChI=1S/C4H2F6/c5-1-2(6)4(9,10)3(1,7)8/h1-2H/t1-,2-/m0/s1. The first-order chi connectivity index (χ1) is 4.32. The predicted molar refractivity (Wildman–Crippen MR) is 19.7 cm³/mol. The second-order valence-electron chi connectivity index (χ2n) is 2.05. The molecule has 6 heteroatoms. The molecular weight excluding hydrogens is 162 g/mol. The lowest BCUT2D eigenvalue weighted by Gasteiger charge is -2.41. The molecule has 0 amide bonds. The van der Waals surface area contributed by atoms with Crippen LogP contribution in [0.1, 0.15) is 0 Å². The second-order valence-corrected chi connectivity index (χ2v) is 2.05. The number of halogens is 6. The van der Waals surface area contributed by atoms with E-state index in [2.05, 4.69) is 0 Å². The molecular formula is C4H2F6. The molecule has 1 rings (SSSR count). The third-order valence-electron chi connectivity index (χ3n) is 1.39. The SMILES string of the molecule is F[C@H]1[C@H](F)C(F)(F)C1(F)F. The van der Waals surface area contributed by atoms with Gasteiger partial charge in [-0.05, 0) is 0 Å². The minimum Gasteiger partial charge on any atom is -0.237 e.